The molecule has 2 rings (SSSR count). The van der Waals surface area contributed by atoms with E-state index in [0.717, 1.165) is 12.8 Å². The van der Waals surface area contributed by atoms with Crippen molar-refractivity contribution in [1.29, 1.82) is 0 Å². The summed E-state index contributed by atoms with van der Waals surface area (Å²) >= 11 is 0. The highest BCUT2D eigenvalue weighted by Crippen LogP contribution is 2.18. The van der Waals surface area contributed by atoms with Gasteiger partial charge in [0.2, 0.25) is 15.9 Å². The Balaban J connectivity index is 1.94. The molecule has 1 aliphatic carbocycles. The highest BCUT2D eigenvalue weighted by Gasteiger charge is 2.24. The Morgan fingerprint density at radius 1 is 1.28 bits per heavy atom. The predicted molar refractivity (Wildman–Crippen MR) is 67.2 cm³/mol. The predicted octanol–water partition coefficient (Wildman–Crippen LogP) is -0.174. The van der Waals surface area contributed by atoms with E-state index in [1.807, 2.05) is 0 Å². The lowest BCUT2D eigenvalue weighted by molar-refractivity contribution is -0.120. The number of benzene rings is 1. The van der Waals surface area contributed by atoms with Crippen molar-refractivity contribution >= 4 is 21.6 Å². The number of nitrogens with two attached hydrogens (primary N) is 1. The monoisotopic (exact) mass is 269 g/mol. The molecule has 0 saturated heterocycles. The van der Waals surface area contributed by atoms with Gasteiger partial charge in [-0.2, -0.15) is 0 Å². The first-order valence-corrected chi connectivity index (χ1v) is 7.10. The van der Waals surface area contributed by atoms with Crippen LogP contribution in [0.25, 0.3) is 0 Å². The Kier molecular flexibility index (Phi) is 3.53. The number of hydrogen-bond acceptors (Lipinski definition) is 4. The van der Waals surface area contributed by atoms with Crippen LogP contribution in [0.15, 0.2) is 29.2 Å². The third kappa shape index (κ3) is 3.44. The van der Waals surface area contributed by atoms with E-state index in [-0.39, 0.29) is 23.4 Å². The van der Waals surface area contributed by atoms with Gasteiger partial charge in [-0.25, -0.2) is 13.1 Å². The maximum atomic E-state index is 11.8. The van der Waals surface area contributed by atoms with Crippen LogP contribution in [-0.4, -0.2) is 26.9 Å². The molecule has 0 aliphatic heterocycles. The molecule has 1 amide bonds. The number of anilines is 1. The zero-order valence-corrected chi connectivity index (χ0v) is 10.5. The fourth-order valence-corrected chi connectivity index (χ4v) is 2.38. The minimum Gasteiger partial charge on any atom is -0.399 e. The average molecular weight is 269 g/mol. The van der Waals surface area contributed by atoms with Crippen LogP contribution in [0.1, 0.15) is 12.8 Å². The SMILES string of the molecule is Nc1ccc(S(=O)(=O)NCC(=O)NC2CC2)cc1. The van der Waals surface area contributed by atoms with E-state index < -0.39 is 10.0 Å². The van der Waals surface area contributed by atoms with E-state index in [1.54, 1.807) is 0 Å². The summed E-state index contributed by atoms with van der Waals surface area (Å²) in [7, 11) is -3.65. The van der Waals surface area contributed by atoms with Crippen molar-refractivity contribution in [2.75, 3.05) is 12.3 Å². The van der Waals surface area contributed by atoms with Gasteiger partial charge in [0.05, 0.1) is 11.4 Å². The largest absolute Gasteiger partial charge is 0.399 e. The number of carbonyl (C=O) groups excluding carboxylic acids is 1. The second-order valence-corrected chi connectivity index (χ2v) is 6.00. The second-order valence-electron chi connectivity index (χ2n) is 4.24. The highest BCUT2D eigenvalue weighted by molar-refractivity contribution is 7.89. The van der Waals surface area contributed by atoms with E-state index in [0.29, 0.717) is 5.69 Å². The van der Waals surface area contributed by atoms with E-state index >= 15 is 0 Å². The summed E-state index contributed by atoms with van der Waals surface area (Å²) in [4.78, 5) is 11.5. The number of carbonyl (C=O) groups is 1. The summed E-state index contributed by atoms with van der Waals surface area (Å²) in [5.41, 5.74) is 5.96. The van der Waals surface area contributed by atoms with E-state index in [2.05, 4.69) is 10.0 Å². The Hall–Kier alpha value is -1.60. The fraction of sp³-hybridized carbons (Fsp3) is 0.364. The Morgan fingerprint density at radius 3 is 2.44 bits per heavy atom. The highest BCUT2D eigenvalue weighted by atomic mass is 32.2. The molecule has 18 heavy (non-hydrogen) atoms. The molecular formula is C11H15N3O3S. The van der Waals surface area contributed by atoms with Crippen LogP contribution >= 0.6 is 0 Å². The summed E-state index contributed by atoms with van der Waals surface area (Å²) < 4.78 is 25.9. The van der Waals surface area contributed by atoms with Crippen molar-refractivity contribution in [3.63, 3.8) is 0 Å². The van der Waals surface area contributed by atoms with Gasteiger partial charge in [0, 0.05) is 11.7 Å². The van der Waals surface area contributed by atoms with Gasteiger partial charge in [0.25, 0.3) is 0 Å². The molecule has 0 spiro atoms. The quantitative estimate of drug-likeness (QED) is 0.646. The molecule has 1 saturated carbocycles. The summed E-state index contributed by atoms with van der Waals surface area (Å²) in [6.45, 7) is -0.247. The number of rotatable bonds is 5. The van der Waals surface area contributed by atoms with Gasteiger partial charge >= 0.3 is 0 Å². The number of hydrogen-bond donors (Lipinski definition) is 3. The lowest BCUT2D eigenvalue weighted by Gasteiger charge is -2.07. The molecule has 1 aliphatic rings. The van der Waals surface area contributed by atoms with Crippen molar-refractivity contribution in [2.45, 2.75) is 23.8 Å². The minimum atomic E-state index is -3.65. The van der Waals surface area contributed by atoms with Gasteiger partial charge in [0.1, 0.15) is 0 Å². The number of nitrogens with one attached hydrogen (secondary N) is 2. The van der Waals surface area contributed by atoms with Crippen molar-refractivity contribution in [3.8, 4) is 0 Å². The summed E-state index contributed by atoms with van der Waals surface area (Å²) in [5, 5.41) is 2.70. The molecule has 0 unspecified atom stereocenters. The molecule has 1 aromatic rings. The minimum absolute atomic E-state index is 0.0934. The van der Waals surface area contributed by atoms with Crippen LogP contribution in [0, 0.1) is 0 Å². The number of amides is 1. The molecule has 0 heterocycles. The van der Waals surface area contributed by atoms with E-state index in [1.165, 1.54) is 24.3 Å². The van der Waals surface area contributed by atoms with Gasteiger partial charge in [-0.05, 0) is 37.1 Å². The molecule has 0 bridgehead atoms. The zero-order chi connectivity index (χ0) is 13.2. The standard InChI is InChI=1S/C11H15N3O3S/c12-8-1-5-10(6-2-8)18(16,17)13-7-11(15)14-9-3-4-9/h1-2,5-6,9,13H,3-4,7,12H2,(H,14,15). The van der Waals surface area contributed by atoms with Crippen molar-refractivity contribution in [2.24, 2.45) is 0 Å². The van der Waals surface area contributed by atoms with Crippen LogP contribution in [0.3, 0.4) is 0 Å². The molecule has 0 atom stereocenters. The topological polar surface area (TPSA) is 101 Å². The van der Waals surface area contributed by atoms with Gasteiger partial charge in [-0.15, -0.1) is 0 Å². The smallest absolute Gasteiger partial charge is 0.241 e. The van der Waals surface area contributed by atoms with Gasteiger partial charge in [-0.3, -0.25) is 4.79 Å². The second kappa shape index (κ2) is 4.95. The lowest BCUT2D eigenvalue weighted by atomic mass is 10.3. The molecule has 0 radical (unpaired) electrons. The van der Waals surface area contributed by atoms with Crippen LogP contribution < -0.4 is 15.8 Å². The van der Waals surface area contributed by atoms with Gasteiger partial charge in [-0.1, -0.05) is 0 Å². The van der Waals surface area contributed by atoms with Crippen LogP contribution in [0.4, 0.5) is 5.69 Å². The summed E-state index contributed by atoms with van der Waals surface area (Å²) in [6.07, 6.45) is 1.94. The number of sulfonamides is 1. The fourth-order valence-electron chi connectivity index (χ4n) is 1.40. The summed E-state index contributed by atoms with van der Waals surface area (Å²) in [6, 6.07) is 6.02. The first kappa shape index (κ1) is 12.8. The van der Waals surface area contributed by atoms with E-state index in [9.17, 15) is 13.2 Å². The molecular weight excluding hydrogens is 254 g/mol. The van der Waals surface area contributed by atoms with E-state index in [4.69, 9.17) is 5.73 Å². The first-order chi connectivity index (χ1) is 8.47. The Labute approximate surface area is 106 Å². The first-order valence-electron chi connectivity index (χ1n) is 5.62. The third-order valence-corrected chi connectivity index (χ3v) is 3.97. The van der Waals surface area contributed by atoms with Gasteiger partial charge < -0.3 is 11.1 Å². The van der Waals surface area contributed by atoms with Crippen molar-refractivity contribution in [3.05, 3.63) is 24.3 Å². The van der Waals surface area contributed by atoms with Crippen molar-refractivity contribution in [1.82, 2.24) is 10.0 Å². The lowest BCUT2D eigenvalue weighted by Crippen LogP contribution is -2.37. The van der Waals surface area contributed by atoms with Crippen molar-refractivity contribution < 1.29 is 13.2 Å². The maximum Gasteiger partial charge on any atom is 0.241 e. The Morgan fingerprint density at radius 2 is 1.89 bits per heavy atom. The molecule has 98 valence electrons. The average Bonchev–Trinajstić information content (AvgIpc) is 3.11. The molecule has 7 heteroatoms. The number of nitrogen functional groups attached to an aromatic ring is 1. The van der Waals surface area contributed by atoms with Crippen LogP contribution in [-0.2, 0) is 14.8 Å². The molecule has 0 aromatic heterocycles. The molecule has 4 N–H and O–H groups in total. The summed E-state index contributed by atoms with van der Waals surface area (Å²) in [5.74, 6) is -0.309. The third-order valence-electron chi connectivity index (χ3n) is 2.56. The van der Waals surface area contributed by atoms with Crippen LogP contribution in [0.5, 0.6) is 0 Å². The molecule has 1 aromatic carbocycles. The molecule has 6 nitrogen and oxygen atoms in total. The maximum absolute atomic E-state index is 11.8. The van der Waals surface area contributed by atoms with Gasteiger partial charge in [0.15, 0.2) is 0 Å². The molecule has 1 fully saturated rings. The zero-order valence-electron chi connectivity index (χ0n) is 9.72. The Bertz CT molecular complexity index is 535. The van der Waals surface area contributed by atoms with Crippen LogP contribution in [0.2, 0.25) is 0 Å². The normalized spacial score (nSPS) is 15.3.